The summed E-state index contributed by atoms with van der Waals surface area (Å²) in [5, 5.41) is 17.4. The van der Waals surface area contributed by atoms with Crippen LogP contribution in [0.1, 0.15) is 5.56 Å². The summed E-state index contributed by atoms with van der Waals surface area (Å²) >= 11 is 0. The predicted octanol–water partition coefficient (Wildman–Crippen LogP) is 4.60. The molecule has 0 aromatic heterocycles. The summed E-state index contributed by atoms with van der Waals surface area (Å²) < 4.78 is 4.97. The largest absolute Gasteiger partial charge is 0.387 e. The standard InChI is InChI=1S/C21H18O2/c1-23-13-18(22)11-9-14-5-6-17-8-7-15-3-2-4-16-10-12-19(14)21(17)20(15)16/h2-12,18,22H,13H2,1H3/b11-9+. The molecule has 0 saturated carbocycles. The molecule has 0 aliphatic rings. The molecule has 0 radical (unpaired) electrons. The summed E-state index contributed by atoms with van der Waals surface area (Å²) in [6.07, 6.45) is 3.18. The van der Waals surface area contributed by atoms with E-state index in [1.165, 1.54) is 32.3 Å². The first kappa shape index (κ1) is 14.2. The topological polar surface area (TPSA) is 29.5 Å². The Kier molecular flexibility index (Phi) is 3.49. The van der Waals surface area contributed by atoms with E-state index in [2.05, 4.69) is 54.6 Å². The third-order valence-electron chi connectivity index (χ3n) is 4.40. The molecule has 0 saturated heterocycles. The fourth-order valence-electron chi connectivity index (χ4n) is 3.34. The van der Waals surface area contributed by atoms with E-state index in [1.807, 2.05) is 6.08 Å². The number of benzene rings is 4. The molecule has 1 unspecified atom stereocenters. The average Bonchev–Trinajstić information content (AvgIpc) is 2.58. The molecule has 4 aromatic rings. The van der Waals surface area contributed by atoms with Gasteiger partial charge >= 0.3 is 0 Å². The van der Waals surface area contributed by atoms with Gasteiger partial charge in [0.2, 0.25) is 0 Å². The normalized spacial score (nSPS) is 13.7. The van der Waals surface area contributed by atoms with Gasteiger partial charge in [-0.25, -0.2) is 0 Å². The molecule has 1 atom stereocenters. The number of rotatable bonds is 4. The van der Waals surface area contributed by atoms with Gasteiger partial charge in [-0.15, -0.1) is 0 Å². The Labute approximate surface area is 134 Å². The Morgan fingerprint density at radius 3 is 2.30 bits per heavy atom. The van der Waals surface area contributed by atoms with E-state index < -0.39 is 6.10 Å². The van der Waals surface area contributed by atoms with Crippen molar-refractivity contribution in [2.24, 2.45) is 0 Å². The molecule has 0 spiro atoms. The van der Waals surface area contributed by atoms with Gasteiger partial charge in [-0.2, -0.15) is 0 Å². The first-order valence-corrected chi connectivity index (χ1v) is 7.79. The van der Waals surface area contributed by atoms with Crippen molar-refractivity contribution >= 4 is 38.4 Å². The molecule has 4 aromatic carbocycles. The number of methoxy groups -OCH3 is 1. The van der Waals surface area contributed by atoms with Crippen molar-refractivity contribution < 1.29 is 9.84 Å². The van der Waals surface area contributed by atoms with E-state index in [1.54, 1.807) is 13.2 Å². The average molecular weight is 302 g/mol. The minimum absolute atomic E-state index is 0.308. The van der Waals surface area contributed by atoms with E-state index in [9.17, 15) is 5.11 Å². The molecule has 23 heavy (non-hydrogen) atoms. The zero-order valence-electron chi connectivity index (χ0n) is 13.0. The molecular weight excluding hydrogens is 284 g/mol. The van der Waals surface area contributed by atoms with Crippen LogP contribution in [0.3, 0.4) is 0 Å². The van der Waals surface area contributed by atoms with Crippen LogP contribution in [-0.4, -0.2) is 24.9 Å². The second kappa shape index (κ2) is 5.65. The summed E-state index contributed by atoms with van der Waals surface area (Å²) in [5.74, 6) is 0. The SMILES string of the molecule is COCC(O)/C=C/c1ccc2ccc3cccc4ccc1c2c34. The Bertz CT molecular complexity index is 985. The smallest absolute Gasteiger partial charge is 0.0957 e. The highest BCUT2D eigenvalue weighted by molar-refractivity contribution is 6.24. The molecule has 2 nitrogen and oxygen atoms in total. The number of aliphatic hydroxyl groups is 1. The third kappa shape index (κ3) is 2.37. The maximum Gasteiger partial charge on any atom is 0.0957 e. The van der Waals surface area contributed by atoms with Crippen molar-refractivity contribution in [1.82, 2.24) is 0 Å². The second-order valence-corrected chi connectivity index (χ2v) is 5.89. The van der Waals surface area contributed by atoms with Gasteiger partial charge in [-0.05, 0) is 37.9 Å². The predicted molar refractivity (Wildman–Crippen MR) is 97.1 cm³/mol. The lowest BCUT2D eigenvalue weighted by Gasteiger charge is -2.12. The summed E-state index contributed by atoms with van der Waals surface area (Å²) in [4.78, 5) is 0. The number of hydrogen-bond donors (Lipinski definition) is 1. The van der Waals surface area contributed by atoms with Gasteiger partial charge in [0.15, 0.2) is 0 Å². The number of aliphatic hydroxyl groups excluding tert-OH is 1. The molecule has 0 bridgehead atoms. The molecule has 0 amide bonds. The lowest BCUT2D eigenvalue weighted by atomic mass is 9.92. The maximum atomic E-state index is 9.84. The Balaban J connectivity index is 1.96. The Hall–Kier alpha value is -2.42. The minimum atomic E-state index is -0.585. The molecule has 0 aliphatic heterocycles. The van der Waals surface area contributed by atoms with E-state index >= 15 is 0 Å². The van der Waals surface area contributed by atoms with Crippen LogP contribution in [0.5, 0.6) is 0 Å². The number of ether oxygens (including phenoxy) is 1. The van der Waals surface area contributed by atoms with Gasteiger partial charge in [-0.3, -0.25) is 0 Å². The summed E-state index contributed by atoms with van der Waals surface area (Å²) in [5.41, 5.74) is 1.12. The van der Waals surface area contributed by atoms with Crippen molar-refractivity contribution in [2.75, 3.05) is 13.7 Å². The van der Waals surface area contributed by atoms with Crippen molar-refractivity contribution in [3.8, 4) is 0 Å². The van der Waals surface area contributed by atoms with Crippen LogP contribution >= 0.6 is 0 Å². The minimum Gasteiger partial charge on any atom is -0.387 e. The van der Waals surface area contributed by atoms with Gasteiger partial charge in [0, 0.05) is 7.11 Å². The van der Waals surface area contributed by atoms with E-state index in [4.69, 9.17) is 4.74 Å². The van der Waals surface area contributed by atoms with Gasteiger partial charge in [0.25, 0.3) is 0 Å². The van der Waals surface area contributed by atoms with Crippen LogP contribution in [-0.2, 0) is 4.74 Å². The van der Waals surface area contributed by atoms with Gasteiger partial charge in [0.05, 0.1) is 12.7 Å². The monoisotopic (exact) mass is 302 g/mol. The highest BCUT2D eigenvalue weighted by Crippen LogP contribution is 2.36. The maximum absolute atomic E-state index is 9.84. The van der Waals surface area contributed by atoms with Crippen molar-refractivity contribution in [2.45, 2.75) is 6.10 Å². The first-order chi connectivity index (χ1) is 11.3. The third-order valence-corrected chi connectivity index (χ3v) is 4.40. The van der Waals surface area contributed by atoms with Crippen LogP contribution in [0, 0.1) is 0 Å². The van der Waals surface area contributed by atoms with Gasteiger partial charge in [-0.1, -0.05) is 66.7 Å². The summed E-state index contributed by atoms with van der Waals surface area (Å²) in [7, 11) is 1.59. The molecule has 0 fully saturated rings. The molecule has 2 heteroatoms. The highest BCUT2D eigenvalue weighted by Gasteiger charge is 2.09. The van der Waals surface area contributed by atoms with Crippen molar-refractivity contribution in [3.05, 3.63) is 66.2 Å². The molecule has 4 rings (SSSR count). The van der Waals surface area contributed by atoms with Crippen LogP contribution < -0.4 is 0 Å². The molecule has 0 aliphatic carbocycles. The van der Waals surface area contributed by atoms with Crippen molar-refractivity contribution in [3.63, 3.8) is 0 Å². The Morgan fingerprint density at radius 2 is 1.57 bits per heavy atom. The molecule has 114 valence electrons. The molecule has 0 heterocycles. The molecular formula is C21H18O2. The zero-order chi connectivity index (χ0) is 15.8. The first-order valence-electron chi connectivity index (χ1n) is 7.79. The lowest BCUT2D eigenvalue weighted by Crippen LogP contribution is -2.09. The highest BCUT2D eigenvalue weighted by atomic mass is 16.5. The van der Waals surface area contributed by atoms with Crippen LogP contribution in [0.25, 0.3) is 38.4 Å². The summed E-state index contributed by atoms with van der Waals surface area (Å²) in [6, 6.07) is 19.4. The number of hydrogen-bond acceptors (Lipinski definition) is 2. The van der Waals surface area contributed by atoms with E-state index in [0.29, 0.717) is 6.61 Å². The fraction of sp³-hybridized carbons (Fsp3) is 0.143. The van der Waals surface area contributed by atoms with Crippen LogP contribution in [0.2, 0.25) is 0 Å². The van der Waals surface area contributed by atoms with E-state index in [-0.39, 0.29) is 0 Å². The fourth-order valence-corrected chi connectivity index (χ4v) is 3.34. The lowest BCUT2D eigenvalue weighted by molar-refractivity contribution is 0.0938. The van der Waals surface area contributed by atoms with E-state index in [0.717, 1.165) is 5.56 Å². The Morgan fingerprint density at radius 1 is 0.913 bits per heavy atom. The quantitative estimate of drug-likeness (QED) is 0.558. The molecule has 1 N–H and O–H groups in total. The van der Waals surface area contributed by atoms with Gasteiger partial charge < -0.3 is 9.84 Å². The van der Waals surface area contributed by atoms with Gasteiger partial charge in [0.1, 0.15) is 0 Å². The van der Waals surface area contributed by atoms with Crippen LogP contribution in [0.15, 0.2) is 60.7 Å². The second-order valence-electron chi connectivity index (χ2n) is 5.89. The zero-order valence-corrected chi connectivity index (χ0v) is 13.0. The summed E-state index contributed by atoms with van der Waals surface area (Å²) in [6.45, 7) is 0.308. The van der Waals surface area contributed by atoms with Crippen molar-refractivity contribution in [1.29, 1.82) is 0 Å². The van der Waals surface area contributed by atoms with Crippen LogP contribution in [0.4, 0.5) is 0 Å².